The van der Waals surface area contributed by atoms with Crippen LogP contribution in [0.25, 0.3) is 0 Å². The van der Waals surface area contributed by atoms with Gasteiger partial charge in [-0.05, 0) is 36.3 Å². The molecule has 19 heavy (non-hydrogen) atoms. The predicted molar refractivity (Wildman–Crippen MR) is 75.9 cm³/mol. The maximum Gasteiger partial charge on any atom is 0.123 e. The standard InChI is InChI=1S/C17H14FN/c1-17(14-7-9-15(18)10-8-14)12-11-16(19-17)13-5-3-2-4-6-13/h2-12H,1H3. The topological polar surface area (TPSA) is 12.4 Å². The van der Waals surface area contributed by atoms with Gasteiger partial charge in [-0.25, -0.2) is 4.39 Å². The van der Waals surface area contributed by atoms with Crippen molar-refractivity contribution < 1.29 is 4.39 Å². The van der Waals surface area contributed by atoms with Crippen LogP contribution in [0.15, 0.2) is 71.7 Å². The Balaban J connectivity index is 1.98. The van der Waals surface area contributed by atoms with Crippen molar-refractivity contribution in [1.29, 1.82) is 0 Å². The van der Waals surface area contributed by atoms with E-state index in [0.717, 1.165) is 16.8 Å². The van der Waals surface area contributed by atoms with Crippen molar-refractivity contribution in [2.75, 3.05) is 0 Å². The molecule has 1 heterocycles. The van der Waals surface area contributed by atoms with Crippen molar-refractivity contribution in [1.82, 2.24) is 0 Å². The van der Waals surface area contributed by atoms with E-state index in [9.17, 15) is 4.39 Å². The number of halogens is 1. The molecule has 3 rings (SSSR count). The fourth-order valence-electron chi connectivity index (χ4n) is 2.28. The van der Waals surface area contributed by atoms with Gasteiger partial charge in [0.25, 0.3) is 0 Å². The molecule has 0 fully saturated rings. The maximum absolute atomic E-state index is 13.0. The Hall–Kier alpha value is -2.22. The molecule has 2 aromatic carbocycles. The third-order valence-corrected chi connectivity index (χ3v) is 3.42. The molecule has 1 nitrogen and oxygen atoms in total. The van der Waals surface area contributed by atoms with Crippen LogP contribution in [-0.4, -0.2) is 5.71 Å². The summed E-state index contributed by atoms with van der Waals surface area (Å²) in [6, 6.07) is 16.6. The monoisotopic (exact) mass is 251 g/mol. The van der Waals surface area contributed by atoms with Crippen LogP contribution < -0.4 is 0 Å². The molecular formula is C17H14FN. The molecular weight excluding hydrogens is 237 g/mol. The summed E-state index contributed by atoms with van der Waals surface area (Å²) in [6.45, 7) is 2.03. The van der Waals surface area contributed by atoms with E-state index in [4.69, 9.17) is 4.99 Å². The fraction of sp³-hybridized carbons (Fsp3) is 0.118. The fourth-order valence-corrected chi connectivity index (χ4v) is 2.28. The van der Waals surface area contributed by atoms with Crippen molar-refractivity contribution in [2.45, 2.75) is 12.5 Å². The van der Waals surface area contributed by atoms with Gasteiger partial charge in [-0.3, -0.25) is 4.99 Å². The molecule has 2 heteroatoms. The Morgan fingerprint density at radius 2 is 1.63 bits per heavy atom. The molecule has 1 atom stereocenters. The molecule has 0 radical (unpaired) electrons. The van der Waals surface area contributed by atoms with Crippen molar-refractivity contribution >= 4 is 5.71 Å². The summed E-state index contributed by atoms with van der Waals surface area (Å²) in [5.41, 5.74) is 2.66. The van der Waals surface area contributed by atoms with Gasteiger partial charge in [0, 0.05) is 0 Å². The number of hydrogen-bond donors (Lipinski definition) is 0. The highest BCUT2D eigenvalue weighted by Crippen LogP contribution is 2.32. The van der Waals surface area contributed by atoms with Crippen LogP contribution in [0.1, 0.15) is 18.1 Å². The first kappa shape index (κ1) is 11.8. The Morgan fingerprint density at radius 1 is 0.947 bits per heavy atom. The molecule has 2 aromatic rings. The van der Waals surface area contributed by atoms with Gasteiger partial charge in [-0.1, -0.05) is 48.5 Å². The molecule has 0 N–H and O–H groups in total. The second-order valence-electron chi connectivity index (χ2n) is 4.85. The summed E-state index contributed by atoms with van der Waals surface area (Å²) >= 11 is 0. The van der Waals surface area contributed by atoms with Crippen LogP contribution in [0, 0.1) is 5.82 Å². The van der Waals surface area contributed by atoms with Gasteiger partial charge in [0.2, 0.25) is 0 Å². The minimum atomic E-state index is -0.404. The van der Waals surface area contributed by atoms with Gasteiger partial charge in [-0.15, -0.1) is 0 Å². The van der Waals surface area contributed by atoms with Gasteiger partial charge in [0.15, 0.2) is 0 Å². The van der Waals surface area contributed by atoms with E-state index in [0.29, 0.717) is 0 Å². The van der Waals surface area contributed by atoms with E-state index in [2.05, 4.69) is 6.08 Å². The van der Waals surface area contributed by atoms with E-state index in [1.165, 1.54) is 12.1 Å². The SMILES string of the molecule is CC1(c2ccc(F)cc2)C=CC(c2ccccc2)=N1. The Morgan fingerprint density at radius 3 is 2.32 bits per heavy atom. The quantitative estimate of drug-likeness (QED) is 0.762. The van der Waals surface area contributed by atoms with Crippen LogP contribution >= 0.6 is 0 Å². The maximum atomic E-state index is 13.0. The minimum absolute atomic E-state index is 0.221. The lowest BCUT2D eigenvalue weighted by molar-refractivity contribution is 0.615. The van der Waals surface area contributed by atoms with Gasteiger partial charge in [0.1, 0.15) is 11.4 Å². The molecule has 0 aliphatic carbocycles. The van der Waals surface area contributed by atoms with Crippen LogP contribution in [-0.2, 0) is 5.54 Å². The van der Waals surface area contributed by atoms with E-state index in [1.807, 2.05) is 43.3 Å². The van der Waals surface area contributed by atoms with Crippen molar-refractivity contribution in [2.24, 2.45) is 4.99 Å². The zero-order valence-corrected chi connectivity index (χ0v) is 10.7. The Kier molecular flexibility index (Phi) is 2.79. The summed E-state index contributed by atoms with van der Waals surface area (Å²) in [6.07, 6.45) is 4.08. The molecule has 1 aliphatic rings. The molecule has 0 saturated carbocycles. The molecule has 0 amide bonds. The normalized spacial score (nSPS) is 21.5. The van der Waals surface area contributed by atoms with Gasteiger partial charge < -0.3 is 0 Å². The van der Waals surface area contributed by atoms with Gasteiger partial charge >= 0.3 is 0 Å². The summed E-state index contributed by atoms with van der Waals surface area (Å²) in [7, 11) is 0. The molecule has 94 valence electrons. The van der Waals surface area contributed by atoms with Gasteiger partial charge in [0.05, 0.1) is 5.71 Å². The molecule has 1 unspecified atom stereocenters. The lowest BCUT2D eigenvalue weighted by Crippen LogP contribution is -2.14. The highest BCUT2D eigenvalue weighted by atomic mass is 19.1. The third-order valence-electron chi connectivity index (χ3n) is 3.42. The summed E-state index contributed by atoms with van der Waals surface area (Å²) < 4.78 is 13.0. The minimum Gasteiger partial charge on any atom is -0.269 e. The van der Waals surface area contributed by atoms with E-state index in [1.54, 1.807) is 12.1 Å². The number of nitrogens with zero attached hydrogens (tertiary/aromatic N) is 1. The van der Waals surface area contributed by atoms with Crippen molar-refractivity contribution in [3.8, 4) is 0 Å². The molecule has 0 bridgehead atoms. The zero-order valence-electron chi connectivity index (χ0n) is 10.7. The second kappa shape index (κ2) is 4.47. The smallest absolute Gasteiger partial charge is 0.123 e. The lowest BCUT2D eigenvalue weighted by Gasteiger charge is -2.19. The first-order valence-electron chi connectivity index (χ1n) is 6.28. The molecule has 0 saturated heterocycles. The van der Waals surface area contributed by atoms with Crippen LogP contribution in [0.5, 0.6) is 0 Å². The van der Waals surface area contributed by atoms with Crippen molar-refractivity contribution in [3.63, 3.8) is 0 Å². The number of hydrogen-bond acceptors (Lipinski definition) is 1. The number of benzene rings is 2. The summed E-state index contributed by atoms with van der Waals surface area (Å²) in [5.74, 6) is -0.221. The Labute approximate surface area is 112 Å². The van der Waals surface area contributed by atoms with E-state index in [-0.39, 0.29) is 5.82 Å². The molecule has 0 aromatic heterocycles. The first-order chi connectivity index (χ1) is 9.17. The summed E-state index contributed by atoms with van der Waals surface area (Å²) in [4.78, 5) is 4.77. The highest BCUT2D eigenvalue weighted by molar-refractivity contribution is 6.10. The second-order valence-corrected chi connectivity index (χ2v) is 4.85. The Bertz CT molecular complexity index is 641. The zero-order chi connectivity index (χ0) is 13.3. The first-order valence-corrected chi connectivity index (χ1v) is 6.28. The molecule has 1 aliphatic heterocycles. The third kappa shape index (κ3) is 2.22. The van der Waals surface area contributed by atoms with Gasteiger partial charge in [-0.2, -0.15) is 0 Å². The van der Waals surface area contributed by atoms with Crippen LogP contribution in [0.3, 0.4) is 0 Å². The average molecular weight is 251 g/mol. The van der Waals surface area contributed by atoms with Crippen molar-refractivity contribution in [3.05, 3.63) is 83.7 Å². The number of aliphatic imine (C=N–C) groups is 1. The molecule has 0 spiro atoms. The average Bonchev–Trinajstić information content (AvgIpc) is 2.84. The predicted octanol–water partition coefficient (Wildman–Crippen LogP) is 4.10. The van der Waals surface area contributed by atoms with E-state index < -0.39 is 5.54 Å². The summed E-state index contributed by atoms with van der Waals surface area (Å²) in [5, 5.41) is 0. The largest absolute Gasteiger partial charge is 0.269 e. The van der Waals surface area contributed by atoms with Crippen LogP contribution in [0.2, 0.25) is 0 Å². The number of allylic oxidation sites excluding steroid dienone is 1. The lowest BCUT2D eigenvalue weighted by atomic mass is 9.94. The van der Waals surface area contributed by atoms with E-state index >= 15 is 0 Å². The van der Waals surface area contributed by atoms with Crippen LogP contribution in [0.4, 0.5) is 4.39 Å². The number of rotatable bonds is 2. The highest BCUT2D eigenvalue weighted by Gasteiger charge is 2.27.